The van der Waals surface area contributed by atoms with Crippen molar-refractivity contribution in [2.75, 3.05) is 0 Å². The molecule has 0 heteroatoms. The SMILES string of the molecule is CC/C=C(\C)c1cc(C)cc(C)c1. The normalized spacial score (nSPS) is 11.8. The minimum absolute atomic E-state index is 1.11. The van der Waals surface area contributed by atoms with E-state index >= 15 is 0 Å². The van der Waals surface area contributed by atoms with E-state index in [2.05, 4.69) is 52.0 Å². The Kier molecular flexibility index (Phi) is 3.30. The van der Waals surface area contributed by atoms with Crippen molar-refractivity contribution < 1.29 is 0 Å². The lowest BCUT2D eigenvalue weighted by Gasteiger charge is -2.04. The van der Waals surface area contributed by atoms with Crippen LogP contribution in [-0.4, -0.2) is 0 Å². The molecule has 1 rings (SSSR count). The summed E-state index contributed by atoms with van der Waals surface area (Å²) in [4.78, 5) is 0. The zero-order chi connectivity index (χ0) is 9.84. The van der Waals surface area contributed by atoms with E-state index in [0.29, 0.717) is 0 Å². The van der Waals surface area contributed by atoms with Crippen LogP contribution in [0.25, 0.3) is 5.57 Å². The van der Waals surface area contributed by atoms with Gasteiger partial charge in [0, 0.05) is 0 Å². The van der Waals surface area contributed by atoms with Gasteiger partial charge in [0.1, 0.15) is 0 Å². The van der Waals surface area contributed by atoms with Crippen LogP contribution in [0.15, 0.2) is 24.3 Å². The van der Waals surface area contributed by atoms with Crippen molar-refractivity contribution >= 4 is 5.57 Å². The van der Waals surface area contributed by atoms with Gasteiger partial charge in [-0.25, -0.2) is 0 Å². The van der Waals surface area contributed by atoms with Crippen LogP contribution in [0.4, 0.5) is 0 Å². The van der Waals surface area contributed by atoms with Gasteiger partial charge in [-0.2, -0.15) is 0 Å². The molecular weight excluding hydrogens is 156 g/mol. The molecule has 0 nitrogen and oxygen atoms in total. The molecule has 0 saturated carbocycles. The van der Waals surface area contributed by atoms with Gasteiger partial charge in [-0.15, -0.1) is 0 Å². The average molecular weight is 174 g/mol. The summed E-state index contributed by atoms with van der Waals surface area (Å²) < 4.78 is 0. The molecule has 0 amide bonds. The zero-order valence-electron chi connectivity index (χ0n) is 9.02. The molecule has 13 heavy (non-hydrogen) atoms. The minimum Gasteiger partial charge on any atom is -0.0813 e. The Hall–Kier alpha value is -1.04. The summed E-state index contributed by atoms with van der Waals surface area (Å²) in [5.74, 6) is 0. The molecule has 0 fully saturated rings. The molecule has 1 aromatic rings. The van der Waals surface area contributed by atoms with Crippen molar-refractivity contribution in [2.24, 2.45) is 0 Å². The van der Waals surface area contributed by atoms with Gasteiger partial charge in [0.15, 0.2) is 0 Å². The summed E-state index contributed by atoms with van der Waals surface area (Å²) >= 11 is 0. The molecule has 70 valence electrons. The number of rotatable bonds is 2. The van der Waals surface area contributed by atoms with Crippen molar-refractivity contribution in [2.45, 2.75) is 34.1 Å². The highest BCUT2D eigenvalue weighted by Crippen LogP contribution is 2.17. The second kappa shape index (κ2) is 4.27. The Labute approximate surface area is 81.3 Å². The third kappa shape index (κ3) is 2.73. The molecule has 0 saturated heterocycles. The smallest absolute Gasteiger partial charge is 0.0225 e. The summed E-state index contributed by atoms with van der Waals surface area (Å²) in [6.07, 6.45) is 3.38. The fourth-order valence-electron chi connectivity index (χ4n) is 1.63. The first-order chi connectivity index (χ1) is 6.13. The molecule has 0 aliphatic heterocycles. The van der Waals surface area contributed by atoms with E-state index in [0.717, 1.165) is 6.42 Å². The van der Waals surface area contributed by atoms with Gasteiger partial charge < -0.3 is 0 Å². The molecule has 0 atom stereocenters. The van der Waals surface area contributed by atoms with E-state index in [1.807, 2.05) is 0 Å². The van der Waals surface area contributed by atoms with Gasteiger partial charge >= 0.3 is 0 Å². The maximum Gasteiger partial charge on any atom is -0.0225 e. The van der Waals surface area contributed by atoms with Crippen molar-refractivity contribution in [1.29, 1.82) is 0 Å². The van der Waals surface area contributed by atoms with Crippen LogP contribution in [0.2, 0.25) is 0 Å². The Morgan fingerprint density at radius 1 is 1.15 bits per heavy atom. The summed E-state index contributed by atoms with van der Waals surface area (Å²) in [6.45, 7) is 8.65. The first-order valence-corrected chi connectivity index (χ1v) is 4.89. The standard InChI is InChI=1S/C13H18/c1-5-6-12(4)13-8-10(2)7-11(3)9-13/h6-9H,5H2,1-4H3/b12-6+. The largest absolute Gasteiger partial charge is 0.0813 e. The lowest BCUT2D eigenvalue weighted by Crippen LogP contribution is -1.84. The quantitative estimate of drug-likeness (QED) is 0.632. The first kappa shape index (κ1) is 10.0. The Morgan fingerprint density at radius 3 is 2.15 bits per heavy atom. The summed E-state index contributed by atoms with van der Waals surface area (Å²) in [6, 6.07) is 6.70. The van der Waals surface area contributed by atoms with Crippen LogP contribution in [0.3, 0.4) is 0 Å². The highest BCUT2D eigenvalue weighted by molar-refractivity contribution is 5.64. The summed E-state index contributed by atoms with van der Waals surface area (Å²) in [7, 11) is 0. The van der Waals surface area contributed by atoms with Crippen molar-refractivity contribution in [3.63, 3.8) is 0 Å². The van der Waals surface area contributed by atoms with E-state index in [4.69, 9.17) is 0 Å². The van der Waals surface area contributed by atoms with E-state index < -0.39 is 0 Å². The lowest BCUT2D eigenvalue weighted by molar-refractivity contribution is 1.22. The number of hydrogen-bond acceptors (Lipinski definition) is 0. The number of hydrogen-bond donors (Lipinski definition) is 0. The molecule has 0 spiro atoms. The van der Waals surface area contributed by atoms with Gasteiger partial charge in [0.2, 0.25) is 0 Å². The molecule has 0 unspecified atom stereocenters. The molecule has 0 radical (unpaired) electrons. The molecule has 0 heterocycles. The maximum absolute atomic E-state index is 2.27. The second-order valence-corrected chi connectivity index (χ2v) is 3.67. The predicted molar refractivity (Wildman–Crippen MR) is 59.9 cm³/mol. The molecular formula is C13H18. The van der Waals surface area contributed by atoms with Crippen molar-refractivity contribution in [1.82, 2.24) is 0 Å². The predicted octanol–water partition coefficient (Wildman–Crippen LogP) is 4.12. The zero-order valence-corrected chi connectivity index (χ0v) is 9.02. The topological polar surface area (TPSA) is 0 Å². The van der Waals surface area contributed by atoms with E-state index in [9.17, 15) is 0 Å². The first-order valence-electron chi connectivity index (χ1n) is 4.89. The van der Waals surface area contributed by atoms with Crippen molar-refractivity contribution in [3.8, 4) is 0 Å². The monoisotopic (exact) mass is 174 g/mol. The third-order valence-corrected chi connectivity index (χ3v) is 2.19. The Bertz CT molecular complexity index is 299. The lowest BCUT2D eigenvalue weighted by atomic mass is 10.0. The van der Waals surface area contributed by atoms with Gasteiger partial charge in [-0.1, -0.05) is 42.3 Å². The molecule has 1 aromatic carbocycles. The van der Waals surface area contributed by atoms with Crippen LogP contribution >= 0.6 is 0 Å². The molecule has 0 bridgehead atoms. The fourth-order valence-corrected chi connectivity index (χ4v) is 1.63. The van der Waals surface area contributed by atoms with Gasteiger partial charge in [-0.3, -0.25) is 0 Å². The molecule has 0 N–H and O–H groups in total. The summed E-state index contributed by atoms with van der Waals surface area (Å²) in [5.41, 5.74) is 5.44. The highest BCUT2D eigenvalue weighted by Gasteiger charge is 1.96. The van der Waals surface area contributed by atoms with Crippen LogP contribution < -0.4 is 0 Å². The van der Waals surface area contributed by atoms with Crippen LogP contribution in [0.1, 0.15) is 37.0 Å². The second-order valence-electron chi connectivity index (χ2n) is 3.67. The average Bonchev–Trinajstić information content (AvgIpc) is 2.03. The highest BCUT2D eigenvalue weighted by atomic mass is 14.0. The van der Waals surface area contributed by atoms with Gasteiger partial charge in [-0.05, 0) is 38.3 Å². The molecule has 0 aliphatic rings. The Morgan fingerprint density at radius 2 is 1.69 bits per heavy atom. The van der Waals surface area contributed by atoms with Crippen molar-refractivity contribution in [3.05, 3.63) is 41.0 Å². The molecule has 0 aliphatic carbocycles. The van der Waals surface area contributed by atoms with Gasteiger partial charge in [0.25, 0.3) is 0 Å². The fraction of sp³-hybridized carbons (Fsp3) is 0.385. The number of aryl methyl sites for hydroxylation is 2. The van der Waals surface area contributed by atoms with Gasteiger partial charge in [0.05, 0.1) is 0 Å². The van der Waals surface area contributed by atoms with Crippen LogP contribution in [-0.2, 0) is 0 Å². The number of benzene rings is 1. The minimum atomic E-state index is 1.11. The third-order valence-electron chi connectivity index (χ3n) is 2.19. The number of allylic oxidation sites excluding steroid dienone is 2. The van der Waals surface area contributed by atoms with E-state index in [1.165, 1.54) is 22.3 Å². The van der Waals surface area contributed by atoms with E-state index in [-0.39, 0.29) is 0 Å². The van der Waals surface area contributed by atoms with E-state index in [1.54, 1.807) is 0 Å². The molecule has 0 aromatic heterocycles. The Balaban J connectivity index is 3.08. The van der Waals surface area contributed by atoms with Crippen LogP contribution in [0, 0.1) is 13.8 Å². The summed E-state index contributed by atoms with van der Waals surface area (Å²) in [5, 5.41) is 0. The maximum atomic E-state index is 2.27. The van der Waals surface area contributed by atoms with Crippen LogP contribution in [0.5, 0.6) is 0 Å².